The second kappa shape index (κ2) is 5.73. The first-order valence-corrected chi connectivity index (χ1v) is 5.30. The molecule has 0 aliphatic heterocycles. The van der Waals surface area contributed by atoms with Gasteiger partial charge in [-0.25, -0.2) is 0 Å². The molecule has 0 aliphatic carbocycles. The highest BCUT2D eigenvalue weighted by atomic mass is 16.3. The van der Waals surface area contributed by atoms with Gasteiger partial charge in [0, 0.05) is 18.2 Å². The van der Waals surface area contributed by atoms with E-state index in [0.717, 1.165) is 17.5 Å². The number of aliphatic hydroxyl groups excluding tert-OH is 1. The smallest absolute Gasteiger partial charge is 0.120 e. The highest BCUT2D eigenvalue weighted by Gasteiger charge is 2.05. The molecule has 1 rings (SSSR count). The van der Waals surface area contributed by atoms with E-state index in [1.807, 2.05) is 26.0 Å². The summed E-state index contributed by atoms with van der Waals surface area (Å²) in [4.78, 5) is 0. The van der Waals surface area contributed by atoms with Crippen LogP contribution in [0.25, 0.3) is 0 Å². The van der Waals surface area contributed by atoms with Gasteiger partial charge in [-0.05, 0) is 19.4 Å². The van der Waals surface area contributed by atoms with Gasteiger partial charge < -0.3 is 15.5 Å². The van der Waals surface area contributed by atoms with Gasteiger partial charge in [-0.3, -0.25) is 0 Å². The van der Waals surface area contributed by atoms with Crippen molar-refractivity contribution < 1.29 is 10.2 Å². The van der Waals surface area contributed by atoms with Crippen LogP contribution < -0.4 is 5.32 Å². The van der Waals surface area contributed by atoms with Crippen LogP contribution in [0.15, 0.2) is 18.2 Å². The predicted octanol–water partition coefficient (Wildman–Crippen LogP) is 1.56. The normalized spacial score (nSPS) is 12.7. The van der Waals surface area contributed by atoms with Gasteiger partial charge in [0.2, 0.25) is 0 Å². The number of hydrogen-bond acceptors (Lipinski definition) is 3. The van der Waals surface area contributed by atoms with Gasteiger partial charge >= 0.3 is 0 Å². The lowest BCUT2D eigenvalue weighted by atomic mass is 10.1. The Hall–Kier alpha value is -1.06. The summed E-state index contributed by atoms with van der Waals surface area (Å²) in [7, 11) is 0. The highest BCUT2D eigenvalue weighted by molar-refractivity contribution is 5.35. The van der Waals surface area contributed by atoms with Crippen molar-refractivity contribution >= 4 is 0 Å². The summed E-state index contributed by atoms with van der Waals surface area (Å²) in [5, 5.41) is 21.8. The van der Waals surface area contributed by atoms with E-state index < -0.39 is 0 Å². The molecule has 15 heavy (non-hydrogen) atoms. The lowest BCUT2D eigenvalue weighted by Gasteiger charge is -2.14. The molecular formula is C12H19NO2. The predicted molar refractivity (Wildman–Crippen MR) is 60.8 cm³/mol. The molecule has 3 nitrogen and oxygen atoms in total. The molecule has 0 aromatic heterocycles. The molecule has 0 aliphatic rings. The van der Waals surface area contributed by atoms with Gasteiger partial charge in [0.25, 0.3) is 0 Å². The van der Waals surface area contributed by atoms with Crippen molar-refractivity contribution in [3.8, 4) is 5.75 Å². The van der Waals surface area contributed by atoms with Crippen molar-refractivity contribution in [2.24, 2.45) is 0 Å². The highest BCUT2D eigenvalue weighted by Crippen LogP contribution is 2.17. The fourth-order valence-electron chi connectivity index (χ4n) is 1.45. The van der Waals surface area contributed by atoms with E-state index in [2.05, 4.69) is 5.32 Å². The molecule has 0 spiro atoms. The minimum Gasteiger partial charge on any atom is -0.508 e. The molecule has 1 atom stereocenters. The molecule has 0 saturated heterocycles. The number of benzene rings is 1. The number of phenols is 1. The van der Waals surface area contributed by atoms with Crippen LogP contribution in [0.3, 0.4) is 0 Å². The molecule has 0 heterocycles. The summed E-state index contributed by atoms with van der Waals surface area (Å²) in [6.07, 6.45) is 0.878. The number of aliphatic hydroxyl groups is 1. The average molecular weight is 209 g/mol. The summed E-state index contributed by atoms with van der Waals surface area (Å²) >= 11 is 0. The van der Waals surface area contributed by atoms with Gasteiger partial charge in [-0.1, -0.05) is 24.6 Å². The summed E-state index contributed by atoms with van der Waals surface area (Å²) in [5.74, 6) is 0.306. The maximum Gasteiger partial charge on any atom is 0.120 e. The van der Waals surface area contributed by atoms with E-state index >= 15 is 0 Å². The van der Waals surface area contributed by atoms with Crippen molar-refractivity contribution in [2.75, 3.05) is 6.61 Å². The summed E-state index contributed by atoms with van der Waals surface area (Å²) in [5.41, 5.74) is 2.00. The molecule has 84 valence electrons. The second-order valence-electron chi connectivity index (χ2n) is 3.80. The number of hydrogen-bond donors (Lipinski definition) is 3. The fourth-order valence-corrected chi connectivity index (χ4v) is 1.45. The van der Waals surface area contributed by atoms with Crippen LogP contribution in [0.5, 0.6) is 5.75 Å². The van der Waals surface area contributed by atoms with Crippen molar-refractivity contribution in [1.82, 2.24) is 5.32 Å². The maximum absolute atomic E-state index is 9.59. The number of aryl methyl sites for hydroxylation is 1. The third kappa shape index (κ3) is 3.53. The molecule has 0 saturated carbocycles. The Morgan fingerprint density at radius 2 is 2.13 bits per heavy atom. The van der Waals surface area contributed by atoms with Crippen molar-refractivity contribution in [2.45, 2.75) is 32.9 Å². The van der Waals surface area contributed by atoms with Gasteiger partial charge in [-0.2, -0.15) is 0 Å². The average Bonchev–Trinajstić information content (AvgIpc) is 2.24. The van der Waals surface area contributed by atoms with E-state index in [9.17, 15) is 5.11 Å². The van der Waals surface area contributed by atoms with Crippen molar-refractivity contribution in [1.29, 1.82) is 0 Å². The van der Waals surface area contributed by atoms with Crippen molar-refractivity contribution in [3.63, 3.8) is 0 Å². The second-order valence-corrected chi connectivity index (χ2v) is 3.80. The molecule has 3 heteroatoms. The van der Waals surface area contributed by atoms with E-state index in [4.69, 9.17) is 5.11 Å². The number of phenolic OH excluding ortho intramolecular Hbond substituents is 1. The van der Waals surface area contributed by atoms with Crippen LogP contribution in [-0.2, 0) is 6.54 Å². The fraction of sp³-hybridized carbons (Fsp3) is 0.500. The molecular weight excluding hydrogens is 190 g/mol. The van der Waals surface area contributed by atoms with E-state index in [1.165, 1.54) is 0 Å². The molecule has 0 bridgehead atoms. The Kier molecular flexibility index (Phi) is 4.59. The monoisotopic (exact) mass is 209 g/mol. The van der Waals surface area contributed by atoms with Gasteiger partial charge in [0.05, 0.1) is 6.61 Å². The Morgan fingerprint density at radius 1 is 1.40 bits per heavy atom. The summed E-state index contributed by atoms with van der Waals surface area (Å²) in [6, 6.07) is 5.63. The Labute approximate surface area is 90.8 Å². The van der Waals surface area contributed by atoms with E-state index in [-0.39, 0.29) is 12.6 Å². The number of rotatable bonds is 5. The number of aromatic hydroxyl groups is 1. The van der Waals surface area contributed by atoms with E-state index in [1.54, 1.807) is 6.07 Å². The van der Waals surface area contributed by atoms with Crippen LogP contribution in [0.1, 0.15) is 24.5 Å². The van der Waals surface area contributed by atoms with Crippen LogP contribution in [0.2, 0.25) is 0 Å². The molecule has 1 aromatic rings. The third-order valence-corrected chi connectivity index (χ3v) is 2.53. The molecule has 0 unspecified atom stereocenters. The lowest BCUT2D eigenvalue weighted by Crippen LogP contribution is -2.31. The van der Waals surface area contributed by atoms with Gasteiger partial charge in [0.15, 0.2) is 0 Å². The Morgan fingerprint density at radius 3 is 2.73 bits per heavy atom. The van der Waals surface area contributed by atoms with Crippen LogP contribution in [0.4, 0.5) is 0 Å². The molecule has 3 N–H and O–H groups in total. The summed E-state index contributed by atoms with van der Waals surface area (Å²) in [6.45, 7) is 4.73. The van der Waals surface area contributed by atoms with E-state index in [0.29, 0.717) is 12.3 Å². The molecule has 0 amide bonds. The zero-order valence-corrected chi connectivity index (χ0v) is 9.33. The zero-order valence-electron chi connectivity index (χ0n) is 9.33. The first-order valence-electron chi connectivity index (χ1n) is 5.30. The quantitative estimate of drug-likeness (QED) is 0.690. The third-order valence-electron chi connectivity index (χ3n) is 2.53. The Balaban J connectivity index is 2.60. The largest absolute Gasteiger partial charge is 0.508 e. The van der Waals surface area contributed by atoms with Crippen LogP contribution in [-0.4, -0.2) is 22.9 Å². The van der Waals surface area contributed by atoms with Crippen LogP contribution in [0, 0.1) is 6.92 Å². The zero-order chi connectivity index (χ0) is 11.3. The number of nitrogens with one attached hydrogen (secondary N) is 1. The van der Waals surface area contributed by atoms with Crippen LogP contribution >= 0.6 is 0 Å². The minimum atomic E-state index is 0.102. The SMILES string of the molecule is CC[C@@H](CO)NCc1cc(C)ccc1O. The topological polar surface area (TPSA) is 52.5 Å². The lowest BCUT2D eigenvalue weighted by molar-refractivity contribution is 0.238. The summed E-state index contributed by atoms with van der Waals surface area (Å²) < 4.78 is 0. The Bertz CT molecular complexity index is 308. The maximum atomic E-state index is 9.59. The molecule has 0 fully saturated rings. The first kappa shape index (κ1) is 12.0. The first-order chi connectivity index (χ1) is 7.17. The molecule has 0 radical (unpaired) electrons. The van der Waals surface area contributed by atoms with Gasteiger partial charge in [0.1, 0.15) is 5.75 Å². The minimum absolute atomic E-state index is 0.102. The van der Waals surface area contributed by atoms with Crippen molar-refractivity contribution in [3.05, 3.63) is 29.3 Å². The standard InChI is InChI=1S/C12H19NO2/c1-3-11(8-14)13-7-10-6-9(2)4-5-12(10)15/h4-6,11,13-15H,3,7-8H2,1-2H3/t11-/m0/s1. The molecule has 1 aromatic carbocycles. The van der Waals surface area contributed by atoms with Gasteiger partial charge in [-0.15, -0.1) is 0 Å².